The first-order valence-electron chi connectivity index (χ1n) is 6.34. The first-order valence-corrected chi connectivity index (χ1v) is 6.34. The van der Waals surface area contributed by atoms with Crippen molar-refractivity contribution in [2.24, 2.45) is 0 Å². The summed E-state index contributed by atoms with van der Waals surface area (Å²) in [6.45, 7) is 8.96. The lowest BCUT2D eigenvalue weighted by atomic mass is 10.2. The average Bonchev–Trinajstić information content (AvgIpc) is 2.39. The molecule has 0 aromatic heterocycles. The second-order valence-electron chi connectivity index (χ2n) is 4.79. The van der Waals surface area contributed by atoms with Crippen LogP contribution in [0.25, 0.3) is 0 Å². The molecule has 0 amide bonds. The highest BCUT2D eigenvalue weighted by Gasteiger charge is 2.20. The van der Waals surface area contributed by atoms with Crippen molar-refractivity contribution in [3.8, 4) is 5.75 Å². The van der Waals surface area contributed by atoms with Crippen LogP contribution in [-0.4, -0.2) is 44.2 Å². The van der Waals surface area contributed by atoms with Crippen molar-refractivity contribution < 1.29 is 4.74 Å². The normalized spacial score (nSPS) is 17.5. The second-order valence-corrected chi connectivity index (χ2v) is 4.79. The van der Waals surface area contributed by atoms with E-state index in [1.54, 1.807) is 7.11 Å². The maximum Gasteiger partial charge on any atom is 0.142 e. The number of methoxy groups -OCH3 is 1. The van der Waals surface area contributed by atoms with E-state index in [2.05, 4.69) is 35.8 Å². The molecule has 1 heterocycles. The number of rotatable bonds is 3. The van der Waals surface area contributed by atoms with Gasteiger partial charge in [0.1, 0.15) is 5.75 Å². The zero-order chi connectivity index (χ0) is 12.3. The average molecular weight is 234 g/mol. The molecule has 1 aliphatic rings. The molecule has 0 N–H and O–H groups in total. The van der Waals surface area contributed by atoms with E-state index in [0.717, 1.165) is 31.9 Å². The van der Waals surface area contributed by atoms with Crippen molar-refractivity contribution in [3.63, 3.8) is 0 Å². The zero-order valence-electron chi connectivity index (χ0n) is 11.0. The largest absolute Gasteiger partial charge is 0.495 e. The van der Waals surface area contributed by atoms with Gasteiger partial charge in [-0.15, -0.1) is 0 Å². The van der Waals surface area contributed by atoms with Crippen molar-refractivity contribution in [3.05, 3.63) is 24.3 Å². The van der Waals surface area contributed by atoms with Gasteiger partial charge in [-0.3, -0.25) is 4.90 Å². The van der Waals surface area contributed by atoms with Crippen molar-refractivity contribution in [2.45, 2.75) is 19.9 Å². The molecule has 0 aliphatic carbocycles. The molecule has 94 valence electrons. The molecule has 0 atom stereocenters. The van der Waals surface area contributed by atoms with E-state index < -0.39 is 0 Å². The fourth-order valence-corrected chi connectivity index (χ4v) is 2.37. The van der Waals surface area contributed by atoms with Crippen LogP contribution in [0.4, 0.5) is 5.69 Å². The summed E-state index contributed by atoms with van der Waals surface area (Å²) in [5.41, 5.74) is 1.22. The van der Waals surface area contributed by atoms with Crippen LogP contribution in [0.2, 0.25) is 0 Å². The number of anilines is 1. The monoisotopic (exact) mass is 234 g/mol. The fourth-order valence-electron chi connectivity index (χ4n) is 2.37. The molecule has 0 unspecified atom stereocenters. The number of hydrogen-bond donors (Lipinski definition) is 0. The highest BCUT2D eigenvalue weighted by molar-refractivity contribution is 5.58. The molecule has 1 fully saturated rings. The lowest BCUT2D eigenvalue weighted by Gasteiger charge is -2.38. The number of ether oxygens (including phenoxy) is 1. The van der Waals surface area contributed by atoms with Gasteiger partial charge in [-0.05, 0) is 26.0 Å². The summed E-state index contributed by atoms with van der Waals surface area (Å²) in [7, 11) is 1.74. The Morgan fingerprint density at radius 3 is 2.29 bits per heavy atom. The number of piperazine rings is 1. The van der Waals surface area contributed by atoms with Gasteiger partial charge >= 0.3 is 0 Å². The van der Waals surface area contributed by atoms with Crippen LogP contribution < -0.4 is 9.64 Å². The third kappa shape index (κ3) is 2.72. The van der Waals surface area contributed by atoms with E-state index in [-0.39, 0.29) is 0 Å². The molecule has 3 heteroatoms. The maximum atomic E-state index is 5.42. The van der Waals surface area contributed by atoms with Gasteiger partial charge in [0.05, 0.1) is 12.8 Å². The molecular weight excluding hydrogens is 212 g/mol. The molecule has 0 bridgehead atoms. The number of para-hydroxylation sites is 2. The van der Waals surface area contributed by atoms with Crippen LogP contribution in [0.5, 0.6) is 5.75 Å². The Balaban J connectivity index is 2.05. The lowest BCUT2D eigenvalue weighted by Crippen LogP contribution is -2.48. The van der Waals surface area contributed by atoms with Crippen molar-refractivity contribution in [1.82, 2.24) is 4.90 Å². The Bertz CT molecular complexity index is 357. The Kier molecular flexibility index (Phi) is 3.89. The Morgan fingerprint density at radius 2 is 1.71 bits per heavy atom. The van der Waals surface area contributed by atoms with Crippen LogP contribution in [0.15, 0.2) is 24.3 Å². The minimum absolute atomic E-state index is 0.648. The van der Waals surface area contributed by atoms with E-state index in [1.807, 2.05) is 12.1 Å². The predicted octanol–water partition coefficient (Wildman–Crippen LogP) is 2.23. The Labute approximate surface area is 104 Å². The standard InChI is InChI=1S/C14H22N2O/c1-12(2)15-8-10-16(11-9-15)13-6-4-5-7-14(13)17-3/h4-7,12H,8-11H2,1-3H3. The summed E-state index contributed by atoms with van der Waals surface area (Å²) in [6, 6.07) is 8.92. The molecular formula is C14H22N2O. The van der Waals surface area contributed by atoms with Crippen LogP contribution in [0.1, 0.15) is 13.8 Å². The zero-order valence-corrected chi connectivity index (χ0v) is 11.0. The first kappa shape index (κ1) is 12.2. The van der Waals surface area contributed by atoms with Gasteiger partial charge in [0.25, 0.3) is 0 Å². The summed E-state index contributed by atoms with van der Waals surface area (Å²) in [6.07, 6.45) is 0. The summed E-state index contributed by atoms with van der Waals surface area (Å²) in [5, 5.41) is 0. The van der Waals surface area contributed by atoms with Crippen LogP contribution in [-0.2, 0) is 0 Å². The summed E-state index contributed by atoms with van der Waals surface area (Å²) >= 11 is 0. The fraction of sp³-hybridized carbons (Fsp3) is 0.571. The minimum atomic E-state index is 0.648. The van der Waals surface area contributed by atoms with Gasteiger partial charge in [0.2, 0.25) is 0 Å². The van der Waals surface area contributed by atoms with E-state index in [4.69, 9.17) is 4.74 Å². The summed E-state index contributed by atoms with van der Waals surface area (Å²) in [5.74, 6) is 0.977. The molecule has 1 aromatic carbocycles. The molecule has 0 spiro atoms. The van der Waals surface area contributed by atoms with Gasteiger partial charge < -0.3 is 9.64 Å². The molecule has 17 heavy (non-hydrogen) atoms. The van der Waals surface area contributed by atoms with Crippen LogP contribution in [0, 0.1) is 0 Å². The first-order chi connectivity index (χ1) is 8.22. The van der Waals surface area contributed by atoms with Crippen molar-refractivity contribution >= 4 is 5.69 Å². The van der Waals surface area contributed by atoms with Gasteiger partial charge in [-0.2, -0.15) is 0 Å². The van der Waals surface area contributed by atoms with Gasteiger partial charge in [0.15, 0.2) is 0 Å². The molecule has 0 saturated carbocycles. The quantitative estimate of drug-likeness (QED) is 0.797. The third-order valence-corrected chi connectivity index (χ3v) is 3.47. The van der Waals surface area contributed by atoms with E-state index in [1.165, 1.54) is 5.69 Å². The van der Waals surface area contributed by atoms with E-state index >= 15 is 0 Å². The summed E-state index contributed by atoms with van der Waals surface area (Å²) < 4.78 is 5.42. The second kappa shape index (κ2) is 5.41. The molecule has 1 aliphatic heterocycles. The van der Waals surface area contributed by atoms with Gasteiger partial charge in [0, 0.05) is 32.2 Å². The number of hydrogen-bond acceptors (Lipinski definition) is 3. The molecule has 1 saturated heterocycles. The summed E-state index contributed by atoms with van der Waals surface area (Å²) in [4.78, 5) is 4.93. The van der Waals surface area contributed by atoms with Gasteiger partial charge in [-0.25, -0.2) is 0 Å². The molecule has 3 nitrogen and oxygen atoms in total. The minimum Gasteiger partial charge on any atom is -0.495 e. The van der Waals surface area contributed by atoms with Crippen LogP contribution >= 0.6 is 0 Å². The lowest BCUT2D eigenvalue weighted by molar-refractivity contribution is 0.209. The number of benzene rings is 1. The molecule has 0 radical (unpaired) electrons. The predicted molar refractivity (Wildman–Crippen MR) is 71.9 cm³/mol. The highest BCUT2D eigenvalue weighted by Crippen LogP contribution is 2.28. The van der Waals surface area contributed by atoms with E-state index in [9.17, 15) is 0 Å². The van der Waals surface area contributed by atoms with Crippen LogP contribution in [0.3, 0.4) is 0 Å². The van der Waals surface area contributed by atoms with E-state index in [0.29, 0.717) is 6.04 Å². The Morgan fingerprint density at radius 1 is 1.06 bits per heavy atom. The Hall–Kier alpha value is -1.22. The van der Waals surface area contributed by atoms with Crippen molar-refractivity contribution in [1.29, 1.82) is 0 Å². The molecule has 1 aromatic rings. The third-order valence-electron chi connectivity index (χ3n) is 3.47. The maximum absolute atomic E-state index is 5.42. The molecule has 2 rings (SSSR count). The topological polar surface area (TPSA) is 15.7 Å². The SMILES string of the molecule is COc1ccccc1N1CCN(C(C)C)CC1. The van der Waals surface area contributed by atoms with Crippen molar-refractivity contribution in [2.75, 3.05) is 38.2 Å². The smallest absolute Gasteiger partial charge is 0.142 e. The highest BCUT2D eigenvalue weighted by atomic mass is 16.5. The van der Waals surface area contributed by atoms with Gasteiger partial charge in [-0.1, -0.05) is 12.1 Å². The number of nitrogens with zero attached hydrogens (tertiary/aromatic N) is 2.